The summed E-state index contributed by atoms with van der Waals surface area (Å²) >= 11 is 5.89. The molecule has 2 aromatic carbocycles. The maximum atomic E-state index is 13.9. The fourth-order valence-electron chi connectivity index (χ4n) is 3.19. The number of esters is 1. The van der Waals surface area contributed by atoms with Crippen molar-refractivity contribution in [1.82, 2.24) is 4.98 Å². The lowest BCUT2D eigenvalue weighted by molar-refractivity contribution is -0.226. The number of halogens is 4. The Kier molecular flexibility index (Phi) is 7.40. The van der Waals surface area contributed by atoms with E-state index in [-0.39, 0.29) is 11.8 Å². The molecule has 0 spiro atoms. The predicted molar refractivity (Wildman–Crippen MR) is 115 cm³/mol. The van der Waals surface area contributed by atoms with E-state index in [1.165, 1.54) is 12.1 Å². The number of ether oxygens (including phenoxy) is 2. The first kappa shape index (κ1) is 23.6. The van der Waals surface area contributed by atoms with Gasteiger partial charge in [0.15, 0.2) is 0 Å². The molecule has 0 N–H and O–H groups in total. The molecule has 0 saturated carbocycles. The number of rotatable bonds is 7. The number of pyridine rings is 1. The van der Waals surface area contributed by atoms with Crippen molar-refractivity contribution in [3.8, 4) is 11.6 Å². The molecular formula is C24H21ClF3NO3. The van der Waals surface area contributed by atoms with Gasteiger partial charge < -0.3 is 9.47 Å². The molecule has 0 bridgehead atoms. The van der Waals surface area contributed by atoms with Crippen molar-refractivity contribution in [2.45, 2.75) is 32.0 Å². The van der Waals surface area contributed by atoms with Crippen molar-refractivity contribution in [2.24, 2.45) is 5.92 Å². The molecule has 0 aliphatic rings. The number of alkyl halides is 3. The summed E-state index contributed by atoms with van der Waals surface area (Å²) in [5.41, 5.74) is 0.0438. The molecule has 0 amide bonds. The second-order valence-corrected chi connectivity index (χ2v) is 7.88. The van der Waals surface area contributed by atoms with Crippen LogP contribution in [-0.4, -0.2) is 17.1 Å². The Morgan fingerprint density at radius 1 is 0.938 bits per heavy atom. The van der Waals surface area contributed by atoms with Crippen LogP contribution in [0.4, 0.5) is 13.2 Å². The van der Waals surface area contributed by atoms with E-state index in [1.54, 1.807) is 68.4 Å². The lowest BCUT2D eigenvalue weighted by atomic mass is 9.88. The molecule has 1 aromatic heterocycles. The van der Waals surface area contributed by atoms with Crippen molar-refractivity contribution in [3.05, 3.63) is 89.1 Å². The Morgan fingerprint density at radius 3 is 2.19 bits per heavy atom. The third-order valence-electron chi connectivity index (χ3n) is 4.66. The summed E-state index contributed by atoms with van der Waals surface area (Å²) in [6, 6.07) is 18.8. The molecule has 168 valence electrons. The molecular weight excluding hydrogens is 443 g/mol. The average molecular weight is 464 g/mol. The van der Waals surface area contributed by atoms with Gasteiger partial charge in [-0.3, -0.25) is 4.79 Å². The fourth-order valence-corrected chi connectivity index (χ4v) is 3.32. The standard InChI is InChI=1S/C24H21ClF3NO3/c1-15(2)21(16-11-13-17(25)14-12-16)23(30)32-22(24(26,27)28)19-9-6-10-20(29-19)31-18-7-4-3-5-8-18/h3-15,21-22H,1-2H3. The number of benzene rings is 2. The molecule has 3 aromatic rings. The zero-order valence-corrected chi connectivity index (χ0v) is 18.1. The number of hydrogen-bond acceptors (Lipinski definition) is 4. The SMILES string of the molecule is CC(C)C(C(=O)OC(c1cccc(Oc2ccccc2)n1)C(F)(F)F)c1ccc(Cl)cc1. The van der Waals surface area contributed by atoms with Crippen molar-refractivity contribution in [2.75, 3.05) is 0 Å². The number of aromatic nitrogens is 1. The van der Waals surface area contributed by atoms with Crippen molar-refractivity contribution in [3.63, 3.8) is 0 Å². The average Bonchev–Trinajstić information content (AvgIpc) is 2.73. The highest BCUT2D eigenvalue weighted by atomic mass is 35.5. The maximum absolute atomic E-state index is 13.9. The van der Waals surface area contributed by atoms with Crippen LogP contribution < -0.4 is 4.74 Å². The van der Waals surface area contributed by atoms with Crippen molar-refractivity contribution in [1.29, 1.82) is 0 Å². The lowest BCUT2D eigenvalue weighted by Crippen LogP contribution is -2.30. The smallest absolute Gasteiger partial charge is 0.431 e. The highest BCUT2D eigenvalue weighted by molar-refractivity contribution is 6.30. The van der Waals surface area contributed by atoms with E-state index in [4.69, 9.17) is 21.1 Å². The van der Waals surface area contributed by atoms with Gasteiger partial charge in [0.2, 0.25) is 12.0 Å². The number of para-hydroxylation sites is 1. The van der Waals surface area contributed by atoms with Crippen LogP contribution in [0.25, 0.3) is 0 Å². The fraction of sp³-hybridized carbons (Fsp3) is 0.250. The van der Waals surface area contributed by atoms with Gasteiger partial charge in [-0.25, -0.2) is 4.98 Å². The van der Waals surface area contributed by atoms with Crippen LogP contribution in [0.2, 0.25) is 5.02 Å². The summed E-state index contributed by atoms with van der Waals surface area (Å²) in [5.74, 6) is -1.84. The molecule has 3 rings (SSSR count). The molecule has 2 atom stereocenters. The minimum atomic E-state index is -4.87. The van der Waals surface area contributed by atoms with Crippen LogP contribution in [-0.2, 0) is 9.53 Å². The van der Waals surface area contributed by atoms with Gasteiger partial charge in [-0.1, -0.05) is 61.8 Å². The minimum absolute atomic E-state index is 0.0443. The quantitative estimate of drug-likeness (QED) is 0.350. The van der Waals surface area contributed by atoms with Crippen LogP contribution in [0.15, 0.2) is 72.8 Å². The molecule has 0 saturated heterocycles. The van der Waals surface area contributed by atoms with E-state index < -0.39 is 29.9 Å². The highest BCUT2D eigenvalue weighted by Crippen LogP contribution is 2.38. The Labute approximate surface area is 189 Å². The summed E-state index contributed by atoms with van der Waals surface area (Å²) < 4.78 is 52.1. The molecule has 8 heteroatoms. The van der Waals surface area contributed by atoms with Gasteiger partial charge in [0.25, 0.3) is 0 Å². The van der Waals surface area contributed by atoms with E-state index >= 15 is 0 Å². The first-order valence-electron chi connectivity index (χ1n) is 9.87. The predicted octanol–water partition coefficient (Wildman–Crippen LogP) is 7.11. The van der Waals surface area contributed by atoms with Crippen LogP contribution in [0.1, 0.15) is 37.1 Å². The zero-order chi connectivity index (χ0) is 23.3. The molecule has 32 heavy (non-hydrogen) atoms. The van der Waals surface area contributed by atoms with Gasteiger partial charge >= 0.3 is 12.1 Å². The summed E-state index contributed by atoms with van der Waals surface area (Å²) in [6.45, 7) is 3.46. The first-order valence-corrected chi connectivity index (χ1v) is 10.3. The maximum Gasteiger partial charge on any atom is 0.431 e. The Bertz CT molecular complexity index is 1040. The zero-order valence-electron chi connectivity index (χ0n) is 17.3. The Balaban J connectivity index is 1.87. The second kappa shape index (κ2) is 10.0. The summed E-state index contributed by atoms with van der Waals surface area (Å²) in [7, 11) is 0. The van der Waals surface area contributed by atoms with Crippen LogP contribution in [0.5, 0.6) is 11.6 Å². The first-order chi connectivity index (χ1) is 15.1. The highest BCUT2D eigenvalue weighted by Gasteiger charge is 2.46. The summed E-state index contributed by atoms with van der Waals surface area (Å²) in [6.07, 6.45) is -7.40. The molecule has 0 aliphatic carbocycles. The van der Waals surface area contributed by atoms with Gasteiger partial charge in [0, 0.05) is 11.1 Å². The third-order valence-corrected chi connectivity index (χ3v) is 4.91. The van der Waals surface area contributed by atoms with Gasteiger partial charge in [-0.2, -0.15) is 13.2 Å². The second-order valence-electron chi connectivity index (χ2n) is 7.45. The van der Waals surface area contributed by atoms with Crippen LogP contribution in [0, 0.1) is 5.92 Å². The number of carbonyl (C=O) groups excluding carboxylic acids is 1. The van der Waals surface area contributed by atoms with Crippen molar-refractivity contribution < 1.29 is 27.4 Å². The van der Waals surface area contributed by atoms with E-state index in [1.807, 2.05) is 0 Å². The van der Waals surface area contributed by atoms with Crippen LogP contribution in [0.3, 0.4) is 0 Å². The van der Waals surface area contributed by atoms with E-state index in [9.17, 15) is 18.0 Å². The Hall–Kier alpha value is -3.06. The van der Waals surface area contributed by atoms with Crippen molar-refractivity contribution >= 4 is 17.6 Å². The molecule has 0 radical (unpaired) electrons. The molecule has 4 nitrogen and oxygen atoms in total. The molecule has 0 aliphatic heterocycles. The van der Waals surface area contributed by atoms with E-state index in [0.717, 1.165) is 6.07 Å². The third kappa shape index (κ3) is 6.01. The number of nitrogens with zero attached hydrogens (tertiary/aromatic N) is 1. The van der Waals surface area contributed by atoms with Gasteiger partial charge in [-0.05, 0) is 41.8 Å². The summed E-state index contributed by atoms with van der Waals surface area (Å²) in [4.78, 5) is 16.8. The molecule has 0 fully saturated rings. The molecule has 2 unspecified atom stereocenters. The normalized spacial score (nSPS) is 13.5. The Morgan fingerprint density at radius 2 is 1.59 bits per heavy atom. The monoisotopic (exact) mass is 463 g/mol. The van der Waals surface area contributed by atoms with Gasteiger partial charge in [-0.15, -0.1) is 0 Å². The number of carbonyl (C=O) groups is 1. The summed E-state index contributed by atoms with van der Waals surface area (Å²) in [5, 5.41) is 0.456. The minimum Gasteiger partial charge on any atom is -0.446 e. The van der Waals surface area contributed by atoms with Crippen LogP contribution >= 0.6 is 11.6 Å². The topological polar surface area (TPSA) is 48.4 Å². The number of hydrogen-bond donors (Lipinski definition) is 0. The largest absolute Gasteiger partial charge is 0.446 e. The van der Waals surface area contributed by atoms with E-state index in [2.05, 4.69) is 4.98 Å². The molecule has 1 heterocycles. The lowest BCUT2D eigenvalue weighted by Gasteiger charge is -2.25. The van der Waals surface area contributed by atoms with E-state index in [0.29, 0.717) is 16.3 Å². The van der Waals surface area contributed by atoms with Gasteiger partial charge in [0.05, 0.1) is 11.6 Å². The van der Waals surface area contributed by atoms with Gasteiger partial charge in [0.1, 0.15) is 5.75 Å².